The first kappa shape index (κ1) is 16.6. The van der Waals surface area contributed by atoms with Crippen molar-refractivity contribution in [3.05, 3.63) is 12.7 Å². The first-order valence-corrected chi connectivity index (χ1v) is 7.65. The van der Waals surface area contributed by atoms with Gasteiger partial charge < -0.3 is 25.4 Å². The number of aliphatic hydroxyl groups is 2. The lowest BCUT2D eigenvalue weighted by Gasteiger charge is -2.16. The highest BCUT2D eigenvalue weighted by Gasteiger charge is 2.48. The van der Waals surface area contributed by atoms with Gasteiger partial charge in [0.1, 0.15) is 24.1 Å². The van der Waals surface area contributed by atoms with Gasteiger partial charge in [0, 0.05) is 0 Å². The molecule has 0 aromatic carbocycles. The van der Waals surface area contributed by atoms with E-state index < -0.39 is 30.5 Å². The van der Waals surface area contributed by atoms with Crippen LogP contribution in [-0.2, 0) is 14.3 Å². The maximum absolute atomic E-state index is 12.0. The van der Waals surface area contributed by atoms with Gasteiger partial charge in [-0.05, 0) is 6.42 Å². The highest BCUT2D eigenvalue weighted by atomic mass is 16.6. The largest absolute Gasteiger partial charge is 0.464 e. The van der Waals surface area contributed by atoms with E-state index in [1.54, 1.807) is 0 Å². The molecule has 1 aliphatic rings. The average Bonchev–Trinajstić information content (AvgIpc) is 3.11. The summed E-state index contributed by atoms with van der Waals surface area (Å²) in [5.74, 6) is -0.529. The molecule has 130 valence electrons. The lowest BCUT2D eigenvalue weighted by molar-refractivity contribution is -0.162. The number of ether oxygens (including phenoxy) is 2. The summed E-state index contributed by atoms with van der Waals surface area (Å²) in [5, 5.41) is 20.4. The summed E-state index contributed by atoms with van der Waals surface area (Å²) in [7, 11) is 0. The van der Waals surface area contributed by atoms with Crippen LogP contribution in [0.25, 0.3) is 11.2 Å². The van der Waals surface area contributed by atoms with E-state index in [9.17, 15) is 15.0 Å². The highest BCUT2D eigenvalue weighted by Crippen LogP contribution is 2.32. The fraction of sp³-hybridized carbons (Fsp3) is 0.571. The van der Waals surface area contributed by atoms with Crippen LogP contribution in [0.4, 0.5) is 5.82 Å². The number of hydrogen-bond donors (Lipinski definition) is 3. The van der Waals surface area contributed by atoms with Gasteiger partial charge in [0.2, 0.25) is 0 Å². The van der Waals surface area contributed by atoms with Gasteiger partial charge in [0.05, 0.1) is 12.9 Å². The Hall–Kier alpha value is -2.30. The zero-order valence-corrected chi connectivity index (χ0v) is 13.1. The molecule has 4 N–H and O–H groups in total. The molecule has 0 unspecified atom stereocenters. The van der Waals surface area contributed by atoms with E-state index in [4.69, 9.17) is 15.2 Å². The molecule has 10 heteroatoms. The Morgan fingerprint density at radius 3 is 2.92 bits per heavy atom. The number of carbonyl (C=O) groups is 1. The maximum atomic E-state index is 12.0. The van der Waals surface area contributed by atoms with Crippen LogP contribution in [0.3, 0.4) is 0 Å². The van der Waals surface area contributed by atoms with Crippen molar-refractivity contribution in [1.29, 1.82) is 0 Å². The van der Waals surface area contributed by atoms with E-state index in [2.05, 4.69) is 15.0 Å². The molecule has 2 aromatic heterocycles. The molecule has 0 spiro atoms. The number of aromatic nitrogens is 4. The molecular weight excluding hydrogens is 318 g/mol. The van der Waals surface area contributed by atoms with Crippen LogP contribution in [0.15, 0.2) is 12.7 Å². The fourth-order valence-corrected chi connectivity index (χ4v) is 2.54. The van der Waals surface area contributed by atoms with Crippen molar-refractivity contribution in [3.8, 4) is 0 Å². The summed E-state index contributed by atoms with van der Waals surface area (Å²) in [6, 6.07) is 0. The molecule has 24 heavy (non-hydrogen) atoms. The Balaban J connectivity index is 1.81. The smallest absolute Gasteiger partial charge is 0.338 e. The van der Waals surface area contributed by atoms with Crippen molar-refractivity contribution < 1.29 is 24.5 Å². The number of fused-ring (bicyclic) bond motifs is 1. The zero-order chi connectivity index (χ0) is 17.3. The Bertz CT molecular complexity index is 735. The number of rotatable bonds is 5. The molecule has 0 radical (unpaired) electrons. The predicted molar refractivity (Wildman–Crippen MR) is 81.5 cm³/mol. The summed E-state index contributed by atoms with van der Waals surface area (Å²) in [5.41, 5.74) is 6.40. The topological polar surface area (TPSA) is 146 Å². The maximum Gasteiger partial charge on any atom is 0.338 e. The summed E-state index contributed by atoms with van der Waals surface area (Å²) in [6.07, 6.45) is -0.882. The normalized spacial score (nSPS) is 26.8. The number of anilines is 1. The minimum Gasteiger partial charge on any atom is -0.464 e. The molecule has 1 saturated heterocycles. The minimum absolute atomic E-state index is 0.183. The second-order valence-corrected chi connectivity index (χ2v) is 5.53. The van der Waals surface area contributed by atoms with Crippen molar-refractivity contribution in [2.24, 2.45) is 0 Å². The van der Waals surface area contributed by atoms with Crippen LogP contribution in [0.5, 0.6) is 0 Å². The first-order valence-electron chi connectivity index (χ1n) is 7.65. The van der Waals surface area contributed by atoms with E-state index in [0.29, 0.717) is 17.6 Å². The van der Waals surface area contributed by atoms with Crippen molar-refractivity contribution in [2.45, 2.75) is 44.3 Å². The molecule has 0 bridgehead atoms. The van der Waals surface area contributed by atoms with E-state index in [-0.39, 0.29) is 12.4 Å². The third-order valence-corrected chi connectivity index (χ3v) is 3.87. The summed E-state index contributed by atoms with van der Waals surface area (Å²) in [4.78, 5) is 24.0. The van der Waals surface area contributed by atoms with Crippen molar-refractivity contribution in [1.82, 2.24) is 19.5 Å². The number of nitrogens with two attached hydrogens (primary N) is 1. The molecule has 4 atom stereocenters. The number of imidazole rings is 1. The van der Waals surface area contributed by atoms with Gasteiger partial charge in [-0.25, -0.2) is 19.7 Å². The number of carbonyl (C=O) groups excluding carboxylic acids is 1. The van der Waals surface area contributed by atoms with E-state index in [1.807, 2.05) is 6.92 Å². The molecule has 0 aliphatic carbocycles. The third-order valence-electron chi connectivity index (χ3n) is 3.87. The Labute approximate surface area is 137 Å². The molecule has 1 aliphatic heterocycles. The summed E-state index contributed by atoms with van der Waals surface area (Å²) >= 11 is 0. The van der Waals surface area contributed by atoms with Gasteiger partial charge in [0.15, 0.2) is 23.8 Å². The number of nitrogens with zero attached hydrogens (tertiary/aromatic N) is 4. The van der Waals surface area contributed by atoms with E-state index in [0.717, 1.165) is 6.42 Å². The number of esters is 1. The second kappa shape index (κ2) is 6.67. The zero-order valence-electron chi connectivity index (χ0n) is 13.1. The quantitative estimate of drug-likeness (QED) is 0.479. The Morgan fingerprint density at radius 2 is 2.17 bits per heavy atom. The van der Waals surface area contributed by atoms with Crippen molar-refractivity contribution in [2.75, 3.05) is 12.3 Å². The lowest BCUT2D eigenvalue weighted by Crippen LogP contribution is -2.37. The predicted octanol–water partition coefficient (Wildman–Crippen LogP) is -0.629. The molecule has 3 heterocycles. The van der Waals surface area contributed by atoms with Gasteiger partial charge in [-0.3, -0.25) is 4.57 Å². The number of unbranched alkanes of at least 4 members (excludes halogenated alkanes) is 1. The molecule has 3 rings (SSSR count). The van der Waals surface area contributed by atoms with Crippen LogP contribution < -0.4 is 5.73 Å². The number of aliphatic hydroxyl groups excluding tert-OH is 2. The van der Waals surface area contributed by atoms with Crippen LogP contribution in [0, 0.1) is 0 Å². The SMILES string of the molecule is CCCCOC(=O)[C@H]1O[C@@H](n2cnc3c(N)ncnc32)[C@H](O)[C@@H]1O. The van der Waals surface area contributed by atoms with Crippen molar-refractivity contribution >= 4 is 23.0 Å². The molecule has 0 saturated carbocycles. The van der Waals surface area contributed by atoms with Gasteiger partial charge in [0.25, 0.3) is 0 Å². The molecule has 10 nitrogen and oxygen atoms in total. The monoisotopic (exact) mass is 337 g/mol. The van der Waals surface area contributed by atoms with Gasteiger partial charge in [-0.1, -0.05) is 13.3 Å². The molecular formula is C14H19N5O5. The summed E-state index contributed by atoms with van der Waals surface area (Å²) in [6.45, 7) is 2.20. The lowest BCUT2D eigenvalue weighted by atomic mass is 10.1. The number of hydrogen-bond acceptors (Lipinski definition) is 9. The van der Waals surface area contributed by atoms with Crippen LogP contribution in [0.2, 0.25) is 0 Å². The number of nitrogen functional groups attached to an aromatic ring is 1. The molecule has 1 fully saturated rings. The first-order chi connectivity index (χ1) is 11.5. The van der Waals surface area contributed by atoms with Crippen molar-refractivity contribution in [3.63, 3.8) is 0 Å². The minimum atomic E-state index is -1.42. The fourth-order valence-electron chi connectivity index (χ4n) is 2.54. The average molecular weight is 337 g/mol. The highest BCUT2D eigenvalue weighted by molar-refractivity contribution is 5.81. The third kappa shape index (κ3) is 2.79. The molecule has 2 aromatic rings. The van der Waals surface area contributed by atoms with E-state index in [1.165, 1.54) is 17.2 Å². The Kier molecular flexibility index (Phi) is 4.60. The molecule has 0 amide bonds. The van der Waals surface area contributed by atoms with Gasteiger partial charge in [-0.2, -0.15) is 0 Å². The van der Waals surface area contributed by atoms with Crippen LogP contribution >= 0.6 is 0 Å². The summed E-state index contributed by atoms with van der Waals surface area (Å²) < 4.78 is 12.0. The van der Waals surface area contributed by atoms with Crippen LogP contribution in [0.1, 0.15) is 26.0 Å². The van der Waals surface area contributed by atoms with Gasteiger partial charge in [-0.15, -0.1) is 0 Å². The van der Waals surface area contributed by atoms with E-state index >= 15 is 0 Å². The Morgan fingerprint density at radius 1 is 1.38 bits per heavy atom. The second-order valence-electron chi connectivity index (χ2n) is 5.53. The van der Waals surface area contributed by atoms with Crippen LogP contribution in [-0.4, -0.2) is 60.6 Å². The standard InChI is InChI=1S/C14H19N5O5/c1-2-3-4-23-14(22)10-8(20)9(21)13(24-10)19-6-18-7-11(15)16-5-17-12(7)19/h5-6,8-10,13,20-21H,2-4H2,1H3,(H2,15,16,17)/t8-,9+,10-,13+/m0/s1. The van der Waals surface area contributed by atoms with Gasteiger partial charge >= 0.3 is 5.97 Å².